The molecule has 11 heavy (non-hydrogen) atoms. The van der Waals surface area contributed by atoms with Gasteiger partial charge in [0, 0.05) is 12.2 Å². The van der Waals surface area contributed by atoms with E-state index in [0.29, 0.717) is 12.5 Å². The number of amides is 1. The summed E-state index contributed by atoms with van der Waals surface area (Å²) in [5.41, 5.74) is 0.730. The van der Waals surface area contributed by atoms with E-state index in [4.69, 9.17) is 0 Å². The minimum atomic E-state index is 0.331. The zero-order valence-electron chi connectivity index (χ0n) is 6.61. The smallest absolute Gasteiger partial charge is 0.211 e. The maximum atomic E-state index is 10.0. The Morgan fingerprint density at radius 3 is 2.91 bits per heavy atom. The van der Waals surface area contributed by atoms with Crippen LogP contribution in [0, 0.1) is 0 Å². The second kappa shape index (κ2) is 3.18. The van der Waals surface area contributed by atoms with Crippen molar-refractivity contribution in [3.05, 3.63) is 12.4 Å². The predicted octanol–water partition coefficient (Wildman–Crippen LogP) is 1.03. The fraction of sp³-hybridized carbons (Fsp3) is 0.429. The zero-order valence-corrected chi connectivity index (χ0v) is 6.61. The van der Waals surface area contributed by atoms with Gasteiger partial charge in [-0.25, -0.2) is 0 Å². The maximum absolute atomic E-state index is 10.0. The molecule has 60 valence electrons. The quantitative estimate of drug-likeness (QED) is 0.659. The molecule has 1 rings (SSSR count). The highest BCUT2D eigenvalue weighted by Crippen LogP contribution is 2.08. The van der Waals surface area contributed by atoms with Crippen LogP contribution in [0.5, 0.6) is 0 Å². The predicted molar refractivity (Wildman–Crippen MR) is 42.3 cm³/mol. The van der Waals surface area contributed by atoms with Crippen molar-refractivity contribution in [2.24, 2.45) is 0 Å². The van der Waals surface area contributed by atoms with Gasteiger partial charge in [-0.1, -0.05) is 0 Å². The molecular weight excluding hydrogens is 142 g/mol. The van der Waals surface area contributed by atoms with Crippen LogP contribution in [0.25, 0.3) is 0 Å². The Labute approximate surface area is 65.2 Å². The first-order valence-electron chi connectivity index (χ1n) is 3.48. The third kappa shape index (κ3) is 1.80. The molecule has 1 heterocycles. The fourth-order valence-corrected chi connectivity index (χ4v) is 0.763. The molecule has 0 unspecified atom stereocenters. The molecule has 0 aliphatic rings. The summed E-state index contributed by atoms with van der Waals surface area (Å²) in [5, 5.41) is 6.55. The molecule has 0 fully saturated rings. The van der Waals surface area contributed by atoms with Crippen molar-refractivity contribution in [3.63, 3.8) is 0 Å². The summed E-state index contributed by atoms with van der Waals surface area (Å²) in [4.78, 5) is 10.0. The second-order valence-electron chi connectivity index (χ2n) is 2.56. The first-order valence-corrected chi connectivity index (χ1v) is 3.48. The molecule has 1 amide bonds. The average molecular weight is 153 g/mol. The van der Waals surface area contributed by atoms with Crippen molar-refractivity contribution in [1.82, 2.24) is 9.78 Å². The van der Waals surface area contributed by atoms with Crippen molar-refractivity contribution in [2.45, 2.75) is 19.9 Å². The van der Waals surface area contributed by atoms with Crippen molar-refractivity contribution >= 4 is 12.1 Å². The molecule has 0 spiro atoms. The third-order valence-corrected chi connectivity index (χ3v) is 1.36. The highest BCUT2D eigenvalue weighted by atomic mass is 16.1. The van der Waals surface area contributed by atoms with Crippen molar-refractivity contribution in [1.29, 1.82) is 0 Å². The lowest BCUT2D eigenvalue weighted by atomic mass is 10.4. The van der Waals surface area contributed by atoms with Gasteiger partial charge in [0.25, 0.3) is 0 Å². The van der Waals surface area contributed by atoms with Crippen LogP contribution in [0.4, 0.5) is 5.69 Å². The van der Waals surface area contributed by atoms with Gasteiger partial charge in [0.1, 0.15) is 0 Å². The maximum Gasteiger partial charge on any atom is 0.211 e. The van der Waals surface area contributed by atoms with E-state index in [1.165, 1.54) is 0 Å². The number of anilines is 1. The van der Waals surface area contributed by atoms with E-state index in [-0.39, 0.29) is 0 Å². The Bertz CT molecular complexity index is 242. The Kier molecular flexibility index (Phi) is 2.25. The molecule has 0 aromatic carbocycles. The van der Waals surface area contributed by atoms with Crippen molar-refractivity contribution < 1.29 is 4.79 Å². The van der Waals surface area contributed by atoms with Crippen LogP contribution < -0.4 is 5.32 Å². The molecule has 4 heteroatoms. The van der Waals surface area contributed by atoms with Gasteiger partial charge in [-0.15, -0.1) is 0 Å². The van der Waals surface area contributed by atoms with Gasteiger partial charge in [0.2, 0.25) is 6.41 Å². The fourth-order valence-electron chi connectivity index (χ4n) is 0.763. The summed E-state index contributed by atoms with van der Waals surface area (Å²) in [5.74, 6) is 0. The van der Waals surface area contributed by atoms with E-state index in [2.05, 4.69) is 10.4 Å². The van der Waals surface area contributed by atoms with E-state index >= 15 is 0 Å². The van der Waals surface area contributed by atoms with Crippen LogP contribution in [0.15, 0.2) is 12.4 Å². The largest absolute Gasteiger partial charge is 0.326 e. The normalized spacial score (nSPS) is 10.1. The summed E-state index contributed by atoms with van der Waals surface area (Å²) in [6.07, 6.45) is 4.05. The van der Waals surface area contributed by atoms with Gasteiger partial charge in [0.05, 0.1) is 11.9 Å². The molecule has 1 aromatic heterocycles. The summed E-state index contributed by atoms with van der Waals surface area (Å²) in [7, 11) is 0. The number of nitrogens with one attached hydrogen (secondary N) is 1. The molecule has 4 nitrogen and oxygen atoms in total. The van der Waals surface area contributed by atoms with Crippen LogP contribution >= 0.6 is 0 Å². The molecule has 0 radical (unpaired) electrons. The number of carbonyl (C=O) groups is 1. The Balaban J connectivity index is 2.73. The monoisotopic (exact) mass is 153 g/mol. The van der Waals surface area contributed by atoms with Crippen LogP contribution in [0.2, 0.25) is 0 Å². The SMILES string of the molecule is CC(C)n1cc(NC=O)cn1. The molecule has 0 atom stereocenters. The molecular formula is C7H11N3O. The van der Waals surface area contributed by atoms with Gasteiger partial charge < -0.3 is 5.32 Å². The lowest BCUT2D eigenvalue weighted by molar-refractivity contribution is -0.105. The van der Waals surface area contributed by atoms with Gasteiger partial charge >= 0.3 is 0 Å². The Hall–Kier alpha value is -1.32. The van der Waals surface area contributed by atoms with E-state index < -0.39 is 0 Å². The van der Waals surface area contributed by atoms with E-state index in [9.17, 15) is 4.79 Å². The third-order valence-electron chi connectivity index (χ3n) is 1.36. The molecule has 1 aromatic rings. The first kappa shape index (κ1) is 7.78. The number of rotatable bonds is 3. The van der Waals surface area contributed by atoms with Crippen LogP contribution in [0.3, 0.4) is 0 Å². The molecule has 0 aliphatic heterocycles. The van der Waals surface area contributed by atoms with Crippen LogP contribution in [-0.2, 0) is 4.79 Å². The minimum absolute atomic E-state index is 0.331. The number of carbonyl (C=O) groups excluding carboxylic acids is 1. The zero-order chi connectivity index (χ0) is 8.27. The van der Waals surface area contributed by atoms with Gasteiger partial charge in [0.15, 0.2) is 0 Å². The van der Waals surface area contributed by atoms with Gasteiger partial charge in [-0.05, 0) is 13.8 Å². The van der Waals surface area contributed by atoms with E-state index in [0.717, 1.165) is 5.69 Å². The topological polar surface area (TPSA) is 46.9 Å². The first-order chi connectivity index (χ1) is 5.24. The summed E-state index contributed by atoms with van der Waals surface area (Å²) in [6.45, 7) is 4.05. The highest BCUT2D eigenvalue weighted by molar-refractivity contribution is 5.69. The Morgan fingerprint density at radius 2 is 2.45 bits per heavy atom. The van der Waals surface area contributed by atoms with E-state index in [1.807, 2.05) is 13.8 Å². The molecule has 0 aliphatic carbocycles. The van der Waals surface area contributed by atoms with Gasteiger partial charge in [-0.2, -0.15) is 5.10 Å². The lowest BCUT2D eigenvalue weighted by Gasteiger charge is -2.02. The molecule has 0 saturated heterocycles. The molecule has 0 bridgehead atoms. The highest BCUT2D eigenvalue weighted by Gasteiger charge is 1.99. The standard InChI is InChI=1S/C7H11N3O/c1-6(2)10-4-7(3-9-10)8-5-11/h3-6H,1-2H3,(H,8,11). The van der Waals surface area contributed by atoms with Crippen LogP contribution in [-0.4, -0.2) is 16.2 Å². The molecule has 0 saturated carbocycles. The Morgan fingerprint density at radius 1 is 1.73 bits per heavy atom. The number of hydrogen-bond acceptors (Lipinski definition) is 2. The summed E-state index contributed by atoms with van der Waals surface area (Å²) >= 11 is 0. The number of hydrogen-bond donors (Lipinski definition) is 1. The van der Waals surface area contributed by atoms with Gasteiger partial charge in [-0.3, -0.25) is 9.48 Å². The minimum Gasteiger partial charge on any atom is -0.326 e. The average Bonchev–Trinajstić information content (AvgIpc) is 2.37. The summed E-state index contributed by atoms with van der Waals surface area (Å²) in [6, 6.07) is 0.331. The number of nitrogens with zero attached hydrogens (tertiary/aromatic N) is 2. The van der Waals surface area contributed by atoms with Crippen molar-refractivity contribution in [2.75, 3.05) is 5.32 Å². The second-order valence-corrected chi connectivity index (χ2v) is 2.56. The lowest BCUT2D eigenvalue weighted by Crippen LogP contribution is -2.00. The van der Waals surface area contributed by atoms with Crippen molar-refractivity contribution in [3.8, 4) is 0 Å². The van der Waals surface area contributed by atoms with Crippen LogP contribution in [0.1, 0.15) is 19.9 Å². The van der Waals surface area contributed by atoms with E-state index in [1.54, 1.807) is 17.1 Å². The molecule has 1 N–H and O–H groups in total. The summed E-state index contributed by atoms with van der Waals surface area (Å²) < 4.78 is 1.78. The number of aromatic nitrogens is 2.